The molecule has 0 unspecified atom stereocenters. The Kier molecular flexibility index (Phi) is 6.36. The van der Waals surface area contributed by atoms with Crippen LogP contribution in [-0.4, -0.2) is 29.9 Å². The van der Waals surface area contributed by atoms with E-state index in [2.05, 4.69) is 10.7 Å². The molecule has 0 spiro atoms. The van der Waals surface area contributed by atoms with E-state index in [1.807, 2.05) is 55.5 Å². The van der Waals surface area contributed by atoms with E-state index in [0.29, 0.717) is 5.69 Å². The zero-order valence-corrected chi connectivity index (χ0v) is 17.4. The van der Waals surface area contributed by atoms with Crippen molar-refractivity contribution in [1.82, 2.24) is 0 Å². The van der Waals surface area contributed by atoms with Crippen LogP contribution >= 0.6 is 0 Å². The first kappa shape index (κ1) is 19.3. The van der Waals surface area contributed by atoms with Crippen LogP contribution in [-0.2, 0) is 10.0 Å². The van der Waals surface area contributed by atoms with Gasteiger partial charge in [-0.25, -0.2) is 0 Å². The molecule has 0 aliphatic heterocycles. The Morgan fingerprint density at radius 3 is 2.07 bits per heavy atom. The van der Waals surface area contributed by atoms with E-state index in [0.717, 1.165) is 5.56 Å². The monoisotopic (exact) mass is 441 g/mol. The summed E-state index contributed by atoms with van der Waals surface area (Å²) in [6, 6.07) is 26.0. The average Bonchev–Trinajstić information content (AvgIpc) is 2.69. The summed E-state index contributed by atoms with van der Waals surface area (Å²) in [5.74, 6) is 3.04. The number of hydrogen-bond acceptors (Lipinski definition) is 2. The second kappa shape index (κ2) is 8.92. The number of anilines is 1. The van der Waals surface area contributed by atoms with Gasteiger partial charge in [0.1, 0.15) is 0 Å². The van der Waals surface area contributed by atoms with Crippen molar-refractivity contribution in [2.45, 2.75) is 11.8 Å². The van der Waals surface area contributed by atoms with Crippen LogP contribution in [0, 0.1) is 17.7 Å². The first-order valence-corrected chi connectivity index (χ1v) is 11.6. The summed E-state index contributed by atoms with van der Waals surface area (Å²) in [6.07, 6.45) is 0. The molecule has 5 heteroatoms. The number of sulfonamides is 1. The van der Waals surface area contributed by atoms with Crippen molar-refractivity contribution in [2.24, 2.45) is 0 Å². The van der Waals surface area contributed by atoms with Crippen molar-refractivity contribution in [2.75, 3.05) is 10.8 Å². The van der Waals surface area contributed by atoms with Gasteiger partial charge in [-0.3, -0.25) is 0 Å². The van der Waals surface area contributed by atoms with E-state index >= 15 is 0 Å². The Morgan fingerprint density at radius 1 is 0.852 bits per heavy atom. The molecule has 0 heterocycles. The number of aryl methyl sites for hydroxylation is 1. The number of nitrogens with zero attached hydrogens (tertiary/aromatic N) is 1. The van der Waals surface area contributed by atoms with Crippen LogP contribution in [0.1, 0.15) is 5.56 Å². The quantitative estimate of drug-likeness (QED) is 0.452. The molecule has 0 atom stereocenters. The third kappa shape index (κ3) is 5.02. The number of para-hydroxylation sites is 1. The second-order valence-electron chi connectivity index (χ2n) is 5.85. The minimum absolute atomic E-state index is 0.00274. The van der Waals surface area contributed by atoms with E-state index in [4.69, 9.17) is 0 Å². The van der Waals surface area contributed by atoms with Gasteiger partial charge in [-0.2, -0.15) is 0 Å². The summed E-state index contributed by atoms with van der Waals surface area (Å²) in [5.41, 5.74) is 1.63. The first-order chi connectivity index (χ1) is 13.1. The summed E-state index contributed by atoms with van der Waals surface area (Å²) in [6.45, 7) is 2.05. The summed E-state index contributed by atoms with van der Waals surface area (Å²) in [7, 11) is -3.68. The molecule has 0 radical (unpaired) electrons. The van der Waals surface area contributed by atoms with E-state index in [-0.39, 0.29) is 26.4 Å². The molecule has 3 aromatic rings. The Hall–Kier alpha value is -2.51. The molecule has 0 aromatic heterocycles. The summed E-state index contributed by atoms with van der Waals surface area (Å²) in [4.78, 5) is 3.41. The third-order valence-electron chi connectivity index (χ3n) is 3.86. The Labute approximate surface area is 167 Å². The Balaban J connectivity index is 1.87. The predicted octanol–water partition coefficient (Wildman–Crippen LogP) is 3.18. The fraction of sp³-hybridized carbons (Fsp3) is 0.0909. The SMILES string of the molecule is Cc1ccc(S(=O)(=O)N(CC#C[Se]c2ccccc2)c2ccccc2)cc1. The predicted molar refractivity (Wildman–Crippen MR) is 112 cm³/mol. The zero-order chi connectivity index (χ0) is 19.1. The van der Waals surface area contributed by atoms with Gasteiger partial charge in [0.2, 0.25) is 0 Å². The van der Waals surface area contributed by atoms with Gasteiger partial charge < -0.3 is 0 Å². The van der Waals surface area contributed by atoms with Gasteiger partial charge in [0.15, 0.2) is 0 Å². The van der Waals surface area contributed by atoms with Crippen molar-refractivity contribution in [3.63, 3.8) is 0 Å². The van der Waals surface area contributed by atoms with Gasteiger partial charge in [0.25, 0.3) is 0 Å². The second-order valence-corrected chi connectivity index (χ2v) is 9.56. The molecular weight excluding hydrogens is 421 g/mol. The Morgan fingerprint density at radius 2 is 1.44 bits per heavy atom. The Bertz CT molecular complexity index is 1040. The fourth-order valence-electron chi connectivity index (χ4n) is 2.43. The topological polar surface area (TPSA) is 37.4 Å². The number of benzene rings is 3. The van der Waals surface area contributed by atoms with E-state index in [1.54, 1.807) is 36.4 Å². The van der Waals surface area contributed by atoms with Crippen molar-refractivity contribution in [3.8, 4) is 10.7 Å². The normalized spacial score (nSPS) is 10.7. The molecule has 0 amide bonds. The van der Waals surface area contributed by atoms with Gasteiger partial charge in [-0.05, 0) is 0 Å². The molecule has 3 aromatic carbocycles. The molecule has 0 aliphatic rings. The molecule has 0 aliphatic carbocycles. The van der Waals surface area contributed by atoms with Crippen molar-refractivity contribution >= 4 is 35.1 Å². The molecule has 136 valence electrons. The summed E-state index contributed by atoms with van der Waals surface area (Å²) < 4.78 is 28.9. The van der Waals surface area contributed by atoms with Gasteiger partial charge in [-0.15, -0.1) is 0 Å². The number of rotatable bonds is 5. The average molecular weight is 440 g/mol. The van der Waals surface area contributed by atoms with E-state index in [9.17, 15) is 8.42 Å². The molecule has 27 heavy (non-hydrogen) atoms. The van der Waals surface area contributed by atoms with Crippen molar-refractivity contribution in [1.29, 1.82) is 0 Å². The van der Waals surface area contributed by atoms with E-state index in [1.165, 1.54) is 8.77 Å². The van der Waals surface area contributed by atoms with Crippen LogP contribution in [0.2, 0.25) is 0 Å². The third-order valence-corrected chi connectivity index (χ3v) is 7.23. The minimum atomic E-state index is -3.68. The maximum atomic E-state index is 13.2. The van der Waals surface area contributed by atoms with Gasteiger partial charge in [-0.1, -0.05) is 0 Å². The molecule has 0 saturated carbocycles. The van der Waals surface area contributed by atoms with Crippen molar-refractivity contribution < 1.29 is 8.42 Å². The van der Waals surface area contributed by atoms with Crippen LogP contribution in [0.3, 0.4) is 0 Å². The summed E-state index contributed by atoms with van der Waals surface area (Å²) >= 11 is -0.00274. The molecule has 3 nitrogen and oxygen atoms in total. The zero-order valence-electron chi connectivity index (χ0n) is 14.9. The molecule has 0 bridgehead atoms. The van der Waals surface area contributed by atoms with Gasteiger partial charge in [0.05, 0.1) is 0 Å². The standard InChI is InChI=1S/C22H19NO2SSe/c1-19-13-15-21(16-14-19)26(24,25)23(20-9-4-2-5-10-20)17-8-18-27-22-11-6-3-7-12-22/h2-7,9-16H,17H2,1H3. The molecule has 0 N–H and O–H groups in total. The van der Waals surface area contributed by atoms with Crippen molar-refractivity contribution in [3.05, 3.63) is 90.5 Å². The first-order valence-electron chi connectivity index (χ1n) is 8.41. The molecular formula is C22H19NO2SSe. The van der Waals surface area contributed by atoms with Crippen LogP contribution < -0.4 is 8.77 Å². The van der Waals surface area contributed by atoms with Gasteiger partial charge >= 0.3 is 167 Å². The fourth-order valence-corrected chi connectivity index (χ4v) is 4.95. The van der Waals surface area contributed by atoms with Crippen LogP contribution in [0.15, 0.2) is 89.8 Å². The van der Waals surface area contributed by atoms with Gasteiger partial charge in [0, 0.05) is 0 Å². The maximum absolute atomic E-state index is 13.2. The van der Waals surface area contributed by atoms with Crippen LogP contribution in [0.25, 0.3) is 0 Å². The van der Waals surface area contributed by atoms with Crippen LogP contribution in [0.5, 0.6) is 0 Å². The summed E-state index contributed by atoms with van der Waals surface area (Å²) in [5, 5.41) is 0. The van der Waals surface area contributed by atoms with Crippen LogP contribution in [0.4, 0.5) is 5.69 Å². The molecule has 0 fully saturated rings. The molecule has 3 rings (SSSR count). The number of hydrogen-bond donors (Lipinski definition) is 0. The molecule has 0 saturated heterocycles. The van der Waals surface area contributed by atoms with E-state index < -0.39 is 10.0 Å².